The van der Waals surface area contributed by atoms with E-state index in [4.69, 9.17) is 0 Å². The lowest BCUT2D eigenvalue weighted by Gasteiger charge is -2.20. The quantitative estimate of drug-likeness (QED) is 0.795. The summed E-state index contributed by atoms with van der Waals surface area (Å²) in [5.41, 5.74) is 2.98. The summed E-state index contributed by atoms with van der Waals surface area (Å²) in [6.07, 6.45) is 1.61. The minimum Gasteiger partial charge on any atom is -0.334 e. The third-order valence-electron chi connectivity index (χ3n) is 6.11. The van der Waals surface area contributed by atoms with E-state index in [0.29, 0.717) is 48.6 Å². The second-order valence-electron chi connectivity index (χ2n) is 8.09. The topological polar surface area (TPSA) is 98.8 Å². The molecule has 0 aromatic heterocycles. The number of nitrogens with one attached hydrogen (secondary N) is 2. The number of amides is 4. The zero-order chi connectivity index (χ0) is 21.5. The van der Waals surface area contributed by atoms with E-state index in [1.807, 2.05) is 18.2 Å². The third kappa shape index (κ3) is 3.43. The van der Waals surface area contributed by atoms with Crippen LogP contribution in [0, 0.1) is 0 Å². The van der Waals surface area contributed by atoms with Crippen LogP contribution >= 0.6 is 0 Å². The molecule has 0 bridgehead atoms. The molecule has 2 aromatic rings. The Morgan fingerprint density at radius 2 is 1.90 bits per heavy atom. The van der Waals surface area contributed by atoms with Crippen LogP contribution in [0.15, 0.2) is 42.5 Å². The fourth-order valence-electron chi connectivity index (χ4n) is 4.52. The van der Waals surface area contributed by atoms with Gasteiger partial charge >= 0.3 is 0 Å². The van der Waals surface area contributed by atoms with Crippen molar-refractivity contribution >= 4 is 35.0 Å². The van der Waals surface area contributed by atoms with Crippen LogP contribution in [0.4, 0.5) is 11.4 Å². The first-order valence-corrected chi connectivity index (χ1v) is 10.4. The highest BCUT2D eigenvalue weighted by Gasteiger charge is 2.38. The Morgan fingerprint density at radius 1 is 1.06 bits per heavy atom. The molecule has 8 heteroatoms. The first-order chi connectivity index (χ1) is 15.0. The summed E-state index contributed by atoms with van der Waals surface area (Å²) in [6.45, 7) is 1.38. The Labute approximate surface area is 179 Å². The normalized spacial score (nSPS) is 19.5. The minimum atomic E-state index is -0.430. The first-order valence-electron chi connectivity index (χ1n) is 10.4. The molecule has 1 unspecified atom stereocenters. The van der Waals surface area contributed by atoms with Crippen molar-refractivity contribution in [3.63, 3.8) is 0 Å². The fourth-order valence-corrected chi connectivity index (χ4v) is 4.52. The Balaban J connectivity index is 1.25. The van der Waals surface area contributed by atoms with Gasteiger partial charge in [0.15, 0.2) is 0 Å². The van der Waals surface area contributed by atoms with E-state index in [0.717, 1.165) is 12.0 Å². The summed E-state index contributed by atoms with van der Waals surface area (Å²) in [6, 6.07) is 11.9. The highest BCUT2D eigenvalue weighted by atomic mass is 16.2. The molecule has 2 aromatic carbocycles. The van der Waals surface area contributed by atoms with Gasteiger partial charge in [-0.3, -0.25) is 19.2 Å². The van der Waals surface area contributed by atoms with Gasteiger partial charge in [0.2, 0.25) is 11.8 Å². The van der Waals surface area contributed by atoms with Crippen LogP contribution in [0.25, 0.3) is 0 Å². The fraction of sp³-hybridized carbons (Fsp3) is 0.304. The van der Waals surface area contributed by atoms with E-state index in [1.54, 1.807) is 34.1 Å². The van der Waals surface area contributed by atoms with Crippen molar-refractivity contribution in [3.05, 3.63) is 59.2 Å². The molecule has 0 radical (unpaired) electrons. The monoisotopic (exact) mass is 418 g/mol. The molecule has 1 atom stereocenters. The lowest BCUT2D eigenvalue weighted by atomic mass is 10.1. The molecule has 1 saturated heterocycles. The summed E-state index contributed by atoms with van der Waals surface area (Å²) in [5.74, 6) is -0.673. The molecule has 0 spiro atoms. The second-order valence-corrected chi connectivity index (χ2v) is 8.09. The third-order valence-corrected chi connectivity index (χ3v) is 6.11. The Morgan fingerprint density at radius 3 is 2.74 bits per heavy atom. The number of carbonyl (C=O) groups is 4. The zero-order valence-corrected chi connectivity index (χ0v) is 16.9. The molecule has 1 fully saturated rings. The number of anilines is 2. The van der Waals surface area contributed by atoms with E-state index in [2.05, 4.69) is 10.6 Å². The van der Waals surface area contributed by atoms with Gasteiger partial charge in [0.05, 0.1) is 11.3 Å². The molecular formula is C23H22N4O4. The molecule has 5 rings (SSSR count). The molecule has 31 heavy (non-hydrogen) atoms. The number of benzene rings is 2. The molecule has 158 valence electrons. The number of hydrogen-bond acceptors (Lipinski definition) is 4. The van der Waals surface area contributed by atoms with Crippen LogP contribution in [0.3, 0.4) is 0 Å². The Hall–Kier alpha value is -3.68. The van der Waals surface area contributed by atoms with Crippen LogP contribution in [0.1, 0.15) is 45.5 Å². The number of fused-ring (bicyclic) bond motifs is 3. The van der Waals surface area contributed by atoms with Crippen molar-refractivity contribution in [2.24, 2.45) is 0 Å². The van der Waals surface area contributed by atoms with Crippen molar-refractivity contribution in [2.45, 2.75) is 31.8 Å². The molecular weight excluding hydrogens is 396 g/mol. The minimum absolute atomic E-state index is 0.0602. The van der Waals surface area contributed by atoms with Gasteiger partial charge < -0.3 is 20.4 Å². The van der Waals surface area contributed by atoms with Gasteiger partial charge in [-0.05, 0) is 42.7 Å². The lowest BCUT2D eigenvalue weighted by Crippen LogP contribution is -2.40. The molecule has 3 heterocycles. The summed E-state index contributed by atoms with van der Waals surface area (Å²) in [4.78, 5) is 53.5. The van der Waals surface area contributed by atoms with Gasteiger partial charge in [-0.15, -0.1) is 0 Å². The predicted molar refractivity (Wildman–Crippen MR) is 114 cm³/mol. The summed E-state index contributed by atoms with van der Waals surface area (Å²) >= 11 is 0. The average molecular weight is 418 g/mol. The predicted octanol–water partition coefficient (Wildman–Crippen LogP) is 2.23. The largest absolute Gasteiger partial charge is 0.334 e. The van der Waals surface area contributed by atoms with E-state index >= 15 is 0 Å². The molecule has 3 aliphatic heterocycles. The highest BCUT2D eigenvalue weighted by molar-refractivity contribution is 6.11. The van der Waals surface area contributed by atoms with Crippen LogP contribution in [0.2, 0.25) is 0 Å². The van der Waals surface area contributed by atoms with Crippen molar-refractivity contribution in [2.75, 3.05) is 23.7 Å². The molecule has 3 aliphatic rings. The number of hydrogen-bond donors (Lipinski definition) is 2. The van der Waals surface area contributed by atoms with Crippen molar-refractivity contribution in [3.8, 4) is 0 Å². The molecule has 0 saturated carbocycles. The maximum absolute atomic E-state index is 12.9. The van der Waals surface area contributed by atoms with Gasteiger partial charge in [-0.1, -0.05) is 18.2 Å². The summed E-state index contributed by atoms with van der Waals surface area (Å²) < 4.78 is 0. The van der Waals surface area contributed by atoms with Gasteiger partial charge in [0.1, 0.15) is 6.04 Å². The van der Waals surface area contributed by atoms with E-state index in [9.17, 15) is 19.2 Å². The van der Waals surface area contributed by atoms with Crippen molar-refractivity contribution in [1.82, 2.24) is 9.80 Å². The standard InChI is InChI=1S/C23H22N4O4/c28-20(9-11-26-13-14-4-1-2-5-16(14)22(26)30)24-15-7-8-18-17(12-15)23(31)27-10-3-6-19(27)21(29)25-18/h1-2,4-5,7-8,12,19H,3,6,9-11,13H2,(H,24,28)(H,25,29). The van der Waals surface area contributed by atoms with Gasteiger partial charge in [-0.25, -0.2) is 0 Å². The van der Waals surface area contributed by atoms with Gasteiger partial charge in [0.25, 0.3) is 11.8 Å². The van der Waals surface area contributed by atoms with E-state index in [1.165, 1.54) is 0 Å². The van der Waals surface area contributed by atoms with Crippen LogP contribution in [-0.4, -0.2) is 52.6 Å². The first kappa shape index (κ1) is 19.3. The van der Waals surface area contributed by atoms with Crippen LogP contribution in [0.5, 0.6) is 0 Å². The smallest absolute Gasteiger partial charge is 0.256 e. The van der Waals surface area contributed by atoms with E-state index < -0.39 is 6.04 Å². The Kier molecular flexibility index (Phi) is 4.69. The number of carbonyl (C=O) groups excluding carboxylic acids is 4. The molecule has 8 nitrogen and oxygen atoms in total. The highest BCUT2D eigenvalue weighted by Crippen LogP contribution is 2.30. The molecule has 4 amide bonds. The molecule has 0 aliphatic carbocycles. The summed E-state index contributed by atoms with van der Waals surface area (Å²) in [7, 11) is 0. The van der Waals surface area contributed by atoms with Crippen molar-refractivity contribution < 1.29 is 19.2 Å². The van der Waals surface area contributed by atoms with Gasteiger partial charge in [0, 0.05) is 37.3 Å². The lowest BCUT2D eigenvalue weighted by molar-refractivity contribution is -0.119. The SMILES string of the molecule is O=C(CCN1Cc2ccccc2C1=O)Nc1ccc2c(c1)C(=O)N1CCCC1C(=O)N2. The van der Waals surface area contributed by atoms with Crippen LogP contribution < -0.4 is 10.6 Å². The second kappa shape index (κ2) is 7.54. The Bertz CT molecular complexity index is 1110. The zero-order valence-electron chi connectivity index (χ0n) is 16.9. The molecule has 2 N–H and O–H groups in total. The number of rotatable bonds is 4. The van der Waals surface area contributed by atoms with E-state index in [-0.39, 0.29) is 30.0 Å². The average Bonchev–Trinajstić information content (AvgIpc) is 3.36. The summed E-state index contributed by atoms with van der Waals surface area (Å²) in [5, 5.41) is 5.63. The number of nitrogens with zero attached hydrogens (tertiary/aromatic N) is 2. The maximum atomic E-state index is 12.9. The van der Waals surface area contributed by atoms with Crippen molar-refractivity contribution in [1.29, 1.82) is 0 Å². The maximum Gasteiger partial charge on any atom is 0.256 e. The van der Waals surface area contributed by atoms with Crippen LogP contribution in [-0.2, 0) is 16.1 Å². The van der Waals surface area contributed by atoms with Gasteiger partial charge in [-0.2, -0.15) is 0 Å².